The van der Waals surface area contributed by atoms with Gasteiger partial charge in [-0.05, 0) is 44.5 Å². The first-order valence-corrected chi connectivity index (χ1v) is 7.63. The van der Waals surface area contributed by atoms with E-state index in [4.69, 9.17) is 0 Å². The van der Waals surface area contributed by atoms with E-state index in [0.717, 1.165) is 18.5 Å². The third-order valence-electron chi connectivity index (χ3n) is 3.20. The molecule has 1 amide bonds. The average Bonchev–Trinajstić information content (AvgIpc) is 2.46. The van der Waals surface area contributed by atoms with Gasteiger partial charge in [0.2, 0.25) is 5.91 Å². The van der Waals surface area contributed by atoms with Crippen LogP contribution in [0.3, 0.4) is 0 Å². The Kier molecular flexibility index (Phi) is 7.75. The van der Waals surface area contributed by atoms with Gasteiger partial charge in [-0.1, -0.05) is 13.0 Å². The topological polar surface area (TPSA) is 44.4 Å². The second-order valence-electron chi connectivity index (χ2n) is 4.93. The van der Waals surface area contributed by atoms with E-state index in [2.05, 4.69) is 17.6 Å². The molecule has 0 bridgehead atoms. The van der Waals surface area contributed by atoms with Crippen molar-refractivity contribution >= 4 is 11.6 Å². The first-order chi connectivity index (χ1) is 10.1. The van der Waals surface area contributed by atoms with E-state index in [1.165, 1.54) is 0 Å². The van der Waals surface area contributed by atoms with Crippen LogP contribution in [-0.2, 0) is 11.3 Å². The van der Waals surface area contributed by atoms with Crippen LogP contribution in [0.15, 0.2) is 18.2 Å². The van der Waals surface area contributed by atoms with Crippen molar-refractivity contribution in [2.45, 2.75) is 33.7 Å². The zero-order valence-electron chi connectivity index (χ0n) is 13.2. The number of hydrogen-bond donors (Lipinski definition) is 2. The number of rotatable bonds is 9. The second kappa shape index (κ2) is 9.34. The number of nitrogens with zero attached hydrogens (tertiary/aromatic N) is 1. The number of halogens is 1. The Hall–Kier alpha value is -1.62. The SMILES string of the molecule is CCCNCc1ccc(N(CC)CC(=O)NCC)c(F)c1. The molecule has 0 unspecified atom stereocenters. The molecule has 0 aliphatic carbocycles. The van der Waals surface area contributed by atoms with Crippen molar-refractivity contribution in [3.63, 3.8) is 0 Å². The van der Waals surface area contributed by atoms with Crippen LogP contribution in [0.2, 0.25) is 0 Å². The van der Waals surface area contributed by atoms with Crippen molar-refractivity contribution < 1.29 is 9.18 Å². The molecule has 4 nitrogen and oxygen atoms in total. The summed E-state index contributed by atoms with van der Waals surface area (Å²) in [6, 6.07) is 5.20. The number of benzene rings is 1. The highest BCUT2D eigenvalue weighted by atomic mass is 19.1. The fraction of sp³-hybridized carbons (Fsp3) is 0.562. The first-order valence-electron chi connectivity index (χ1n) is 7.63. The molecule has 2 N–H and O–H groups in total. The van der Waals surface area contributed by atoms with Gasteiger partial charge in [0, 0.05) is 19.6 Å². The summed E-state index contributed by atoms with van der Waals surface area (Å²) >= 11 is 0. The van der Waals surface area contributed by atoms with Crippen molar-refractivity contribution in [2.75, 3.05) is 31.1 Å². The van der Waals surface area contributed by atoms with Crippen LogP contribution in [0.1, 0.15) is 32.8 Å². The van der Waals surface area contributed by atoms with Gasteiger partial charge in [-0.25, -0.2) is 4.39 Å². The van der Waals surface area contributed by atoms with E-state index in [-0.39, 0.29) is 18.3 Å². The molecule has 0 spiro atoms. The van der Waals surface area contributed by atoms with Crippen LogP contribution < -0.4 is 15.5 Å². The zero-order chi connectivity index (χ0) is 15.7. The van der Waals surface area contributed by atoms with Crippen LogP contribution in [0, 0.1) is 5.82 Å². The summed E-state index contributed by atoms with van der Waals surface area (Å²) in [5.74, 6) is -0.371. The van der Waals surface area contributed by atoms with E-state index in [9.17, 15) is 9.18 Å². The van der Waals surface area contributed by atoms with E-state index in [0.29, 0.717) is 25.3 Å². The van der Waals surface area contributed by atoms with Crippen molar-refractivity contribution in [3.8, 4) is 0 Å². The molecule has 0 aliphatic heterocycles. The molecule has 0 saturated carbocycles. The minimum Gasteiger partial charge on any atom is -0.360 e. The minimum absolute atomic E-state index is 0.0903. The smallest absolute Gasteiger partial charge is 0.239 e. The maximum atomic E-state index is 14.2. The van der Waals surface area contributed by atoms with E-state index in [1.54, 1.807) is 17.0 Å². The summed E-state index contributed by atoms with van der Waals surface area (Å²) < 4.78 is 14.2. The Bertz CT molecular complexity index is 451. The Morgan fingerprint density at radius 1 is 1.29 bits per heavy atom. The summed E-state index contributed by atoms with van der Waals surface area (Å²) in [6.45, 7) is 8.80. The molecule has 118 valence electrons. The molecule has 0 atom stereocenters. The van der Waals surface area contributed by atoms with E-state index < -0.39 is 0 Å². The Morgan fingerprint density at radius 3 is 2.62 bits per heavy atom. The minimum atomic E-state index is -0.281. The van der Waals surface area contributed by atoms with Gasteiger partial charge < -0.3 is 15.5 Å². The predicted molar refractivity (Wildman–Crippen MR) is 85.0 cm³/mol. The summed E-state index contributed by atoms with van der Waals surface area (Å²) in [6.07, 6.45) is 1.05. The Balaban J connectivity index is 2.74. The molecule has 1 aromatic carbocycles. The highest BCUT2D eigenvalue weighted by Gasteiger charge is 2.13. The predicted octanol–water partition coefficient (Wildman–Crippen LogP) is 2.29. The van der Waals surface area contributed by atoms with Crippen molar-refractivity contribution in [1.82, 2.24) is 10.6 Å². The fourth-order valence-electron chi connectivity index (χ4n) is 2.12. The third kappa shape index (κ3) is 5.71. The lowest BCUT2D eigenvalue weighted by Gasteiger charge is -2.23. The second-order valence-corrected chi connectivity index (χ2v) is 4.93. The lowest BCUT2D eigenvalue weighted by Crippen LogP contribution is -2.37. The molecule has 0 fully saturated rings. The normalized spacial score (nSPS) is 10.5. The van der Waals surface area contributed by atoms with Crippen molar-refractivity contribution in [3.05, 3.63) is 29.6 Å². The molecule has 1 aromatic rings. The monoisotopic (exact) mass is 295 g/mol. The van der Waals surface area contributed by atoms with Crippen LogP contribution in [0.5, 0.6) is 0 Å². The molecule has 1 rings (SSSR count). The summed E-state index contributed by atoms with van der Waals surface area (Å²) in [5, 5.41) is 5.98. The van der Waals surface area contributed by atoms with Crippen molar-refractivity contribution in [1.29, 1.82) is 0 Å². The van der Waals surface area contributed by atoms with Crippen LogP contribution in [-0.4, -0.2) is 32.1 Å². The van der Waals surface area contributed by atoms with E-state index >= 15 is 0 Å². The van der Waals surface area contributed by atoms with Gasteiger partial charge in [0.05, 0.1) is 12.2 Å². The summed E-state index contributed by atoms with van der Waals surface area (Å²) in [7, 11) is 0. The molecule has 5 heteroatoms. The van der Waals surface area contributed by atoms with Gasteiger partial charge in [-0.2, -0.15) is 0 Å². The number of carbonyl (C=O) groups excluding carboxylic acids is 1. The fourth-order valence-corrected chi connectivity index (χ4v) is 2.12. The number of amides is 1. The first kappa shape index (κ1) is 17.4. The number of likely N-dealkylation sites (N-methyl/N-ethyl adjacent to an activating group) is 2. The Morgan fingerprint density at radius 2 is 2.05 bits per heavy atom. The lowest BCUT2D eigenvalue weighted by molar-refractivity contribution is -0.119. The lowest BCUT2D eigenvalue weighted by atomic mass is 10.1. The summed E-state index contributed by atoms with van der Waals surface area (Å²) in [5.41, 5.74) is 1.39. The molecular formula is C16H26FN3O. The third-order valence-corrected chi connectivity index (χ3v) is 3.20. The largest absolute Gasteiger partial charge is 0.360 e. The molecule has 0 aliphatic rings. The zero-order valence-corrected chi connectivity index (χ0v) is 13.2. The maximum absolute atomic E-state index is 14.2. The molecule has 0 radical (unpaired) electrons. The van der Waals surface area contributed by atoms with Gasteiger partial charge >= 0.3 is 0 Å². The standard InChI is InChI=1S/C16H26FN3O/c1-4-9-18-11-13-7-8-15(14(17)10-13)20(6-3)12-16(21)19-5-2/h7-8,10,18H,4-6,9,11-12H2,1-3H3,(H,19,21). The number of hydrogen-bond acceptors (Lipinski definition) is 3. The van der Waals surface area contributed by atoms with Crippen LogP contribution in [0.25, 0.3) is 0 Å². The van der Waals surface area contributed by atoms with Crippen LogP contribution >= 0.6 is 0 Å². The molecule has 21 heavy (non-hydrogen) atoms. The highest BCUT2D eigenvalue weighted by Crippen LogP contribution is 2.20. The van der Waals surface area contributed by atoms with Gasteiger partial charge in [-0.3, -0.25) is 4.79 Å². The van der Waals surface area contributed by atoms with Gasteiger partial charge in [-0.15, -0.1) is 0 Å². The molecule has 0 saturated heterocycles. The quantitative estimate of drug-likeness (QED) is 0.687. The number of anilines is 1. The van der Waals surface area contributed by atoms with Gasteiger partial charge in [0.1, 0.15) is 5.82 Å². The number of nitrogens with one attached hydrogen (secondary N) is 2. The Labute approximate surface area is 126 Å². The molecule has 0 aromatic heterocycles. The number of carbonyl (C=O) groups is 1. The average molecular weight is 295 g/mol. The van der Waals surface area contributed by atoms with Crippen molar-refractivity contribution in [2.24, 2.45) is 0 Å². The van der Waals surface area contributed by atoms with Gasteiger partial charge in [0.25, 0.3) is 0 Å². The van der Waals surface area contributed by atoms with Crippen LogP contribution in [0.4, 0.5) is 10.1 Å². The molecular weight excluding hydrogens is 269 g/mol. The molecule has 0 heterocycles. The summed E-state index contributed by atoms with van der Waals surface area (Å²) in [4.78, 5) is 13.4. The highest BCUT2D eigenvalue weighted by molar-refractivity contribution is 5.81. The van der Waals surface area contributed by atoms with Gasteiger partial charge in [0.15, 0.2) is 0 Å². The maximum Gasteiger partial charge on any atom is 0.239 e. The van der Waals surface area contributed by atoms with E-state index in [1.807, 2.05) is 19.9 Å².